The minimum Gasteiger partial charge on any atom is -0.497 e. The summed E-state index contributed by atoms with van der Waals surface area (Å²) in [5, 5.41) is 0. The zero-order valence-electron chi connectivity index (χ0n) is 14.2. The smallest absolute Gasteiger partial charge is 0.132 e. The van der Waals surface area contributed by atoms with Crippen LogP contribution in [0.2, 0.25) is 0 Å². The summed E-state index contributed by atoms with van der Waals surface area (Å²) in [4.78, 5) is 1.05. The van der Waals surface area contributed by atoms with Gasteiger partial charge in [-0.3, -0.25) is 0 Å². The fourth-order valence-electron chi connectivity index (χ4n) is 2.32. The maximum Gasteiger partial charge on any atom is 0.132 e. The van der Waals surface area contributed by atoms with Gasteiger partial charge in [0.15, 0.2) is 0 Å². The van der Waals surface area contributed by atoms with Crippen LogP contribution in [0.1, 0.15) is 11.1 Å². The van der Waals surface area contributed by atoms with Crippen LogP contribution in [0.4, 0.5) is 0 Å². The van der Waals surface area contributed by atoms with E-state index in [4.69, 9.17) is 19.9 Å². The van der Waals surface area contributed by atoms with Crippen LogP contribution >= 0.6 is 24.2 Å². The van der Waals surface area contributed by atoms with Crippen LogP contribution in [-0.4, -0.2) is 27.9 Å². The van der Waals surface area contributed by atoms with Crippen LogP contribution in [-0.2, 0) is 12.2 Å². The molecule has 0 aliphatic heterocycles. The number of rotatable bonds is 8. The number of ether oxygens (including phenoxy) is 3. The molecule has 2 aromatic rings. The van der Waals surface area contributed by atoms with Crippen LogP contribution in [0.3, 0.4) is 0 Å². The molecule has 0 spiro atoms. The third kappa shape index (κ3) is 5.23. The molecule has 0 aliphatic rings. The Bertz CT molecular complexity index is 652. The van der Waals surface area contributed by atoms with Crippen molar-refractivity contribution in [2.24, 2.45) is 5.73 Å². The molecule has 2 aromatic carbocycles. The molecule has 24 heavy (non-hydrogen) atoms. The average Bonchev–Trinajstić information content (AvgIpc) is 2.60. The normalized spacial score (nSPS) is 10.0. The maximum absolute atomic E-state index is 5.66. The Morgan fingerprint density at radius 1 is 0.958 bits per heavy atom. The summed E-state index contributed by atoms with van der Waals surface area (Å²) in [7, 11) is 5.04. The van der Waals surface area contributed by atoms with Gasteiger partial charge in [0, 0.05) is 5.75 Å². The third-order valence-electron chi connectivity index (χ3n) is 3.51. The second-order valence-corrected chi connectivity index (χ2v) is 6.01. The van der Waals surface area contributed by atoms with Gasteiger partial charge in [0.25, 0.3) is 0 Å². The molecular weight excluding hydrogens is 346 g/mol. The maximum atomic E-state index is 5.66. The molecule has 6 heteroatoms. The van der Waals surface area contributed by atoms with Gasteiger partial charge in [-0.25, -0.2) is 0 Å². The highest BCUT2D eigenvalue weighted by Gasteiger charge is 2.12. The summed E-state index contributed by atoms with van der Waals surface area (Å²) < 4.78 is 16.3. The van der Waals surface area contributed by atoms with Crippen LogP contribution in [0.25, 0.3) is 0 Å². The molecule has 0 aromatic heterocycles. The van der Waals surface area contributed by atoms with Gasteiger partial charge in [-0.15, -0.1) is 24.2 Å². The summed E-state index contributed by atoms with van der Waals surface area (Å²) in [6, 6.07) is 12.1. The largest absolute Gasteiger partial charge is 0.497 e. The molecule has 132 valence electrons. The lowest BCUT2D eigenvalue weighted by Crippen LogP contribution is -2.05. The van der Waals surface area contributed by atoms with Crippen LogP contribution in [0.15, 0.2) is 41.3 Å². The number of nitrogens with two attached hydrogens (primary N) is 1. The van der Waals surface area contributed by atoms with Gasteiger partial charge in [0.1, 0.15) is 17.2 Å². The lowest BCUT2D eigenvalue weighted by atomic mass is 10.1. The van der Waals surface area contributed by atoms with E-state index in [1.807, 2.05) is 30.3 Å². The molecule has 0 atom stereocenters. The number of hydrogen-bond donors (Lipinski definition) is 1. The lowest BCUT2D eigenvalue weighted by Gasteiger charge is -2.14. The Labute approximate surface area is 154 Å². The van der Waals surface area contributed by atoms with E-state index in [2.05, 4.69) is 6.07 Å². The number of methoxy groups -OCH3 is 3. The molecule has 0 radical (unpaired) electrons. The molecule has 0 saturated heterocycles. The van der Waals surface area contributed by atoms with E-state index in [9.17, 15) is 0 Å². The van der Waals surface area contributed by atoms with E-state index in [0.29, 0.717) is 6.54 Å². The average molecular weight is 370 g/mol. The predicted octanol–water partition coefficient (Wildman–Crippen LogP) is 3.93. The molecule has 2 rings (SSSR count). The Morgan fingerprint density at radius 2 is 1.71 bits per heavy atom. The first-order valence-corrected chi connectivity index (χ1v) is 8.41. The summed E-state index contributed by atoms with van der Waals surface area (Å²) in [6.07, 6.45) is 0.764. The lowest BCUT2D eigenvalue weighted by molar-refractivity contribution is 0.390. The van der Waals surface area contributed by atoms with Gasteiger partial charge in [0.2, 0.25) is 0 Å². The summed E-state index contributed by atoms with van der Waals surface area (Å²) in [6.45, 7) is 0.579. The molecule has 0 amide bonds. The highest BCUT2D eigenvalue weighted by atomic mass is 35.5. The van der Waals surface area contributed by atoms with Gasteiger partial charge >= 0.3 is 0 Å². The zero-order valence-corrected chi connectivity index (χ0v) is 15.8. The van der Waals surface area contributed by atoms with E-state index in [0.717, 1.165) is 39.9 Å². The van der Waals surface area contributed by atoms with Gasteiger partial charge in [-0.2, -0.15) is 0 Å². The number of hydrogen-bond acceptors (Lipinski definition) is 5. The Morgan fingerprint density at radius 3 is 2.33 bits per heavy atom. The molecule has 0 fully saturated rings. The second kappa shape index (κ2) is 10.3. The van der Waals surface area contributed by atoms with Crippen molar-refractivity contribution in [1.82, 2.24) is 0 Å². The first-order chi connectivity index (χ1) is 11.2. The number of benzene rings is 2. The van der Waals surface area contributed by atoms with Gasteiger partial charge in [-0.05, 0) is 48.4 Å². The highest BCUT2D eigenvalue weighted by Crippen LogP contribution is 2.37. The molecule has 0 bridgehead atoms. The molecule has 0 heterocycles. The molecular formula is C18H24ClNO3S. The molecule has 0 aliphatic carbocycles. The molecule has 0 saturated carbocycles. The highest BCUT2D eigenvalue weighted by molar-refractivity contribution is 7.98. The molecule has 4 nitrogen and oxygen atoms in total. The Balaban J connectivity index is 0.00000288. The second-order valence-electron chi connectivity index (χ2n) is 4.99. The minimum absolute atomic E-state index is 0. The van der Waals surface area contributed by atoms with Crippen LogP contribution < -0.4 is 19.9 Å². The van der Waals surface area contributed by atoms with Crippen molar-refractivity contribution in [3.8, 4) is 17.2 Å². The number of halogens is 1. The van der Waals surface area contributed by atoms with Gasteiger partial charge < -0.3 is 19.9 Å². The minimum atomic E-state index is 0. The fourth-order valence-corrected chi connectivity index (χ4v) is 3.30. The van der Waals surface area contributed by atoms with E-state index in [-0.39, 0.29) is 12.4 Å². The quantitative estimate of drug-likeness (QED) is 0.714. The molecule has 2 N–H and O–H groups in total. The van der Waals surface area contributed by atoms with Crippen LogP contribution in [0, 0.1) is 0 Å². The zero-order chi connectivity index (χ0) is 16.7. The summed E-state index contributed by atoms with van der Waals surface area (Å²) in [5.41, 5.74) is 7.93. The standard InChI is InChI=1S/C18H23NO3S.ClH/c1-20-15-6-4-5-13(9-15)12-23-18-11-16(21-2)14(7-8-19)10-17(18)22-3;/h4-6,9-11H,7-8,12,19H2,1-3H3;1H. The summed E-state index contributed by atoms with van der Waals surface area (Å²) >= 11 is 1.71. The Hall–Kier alpha value is -1.56. The van der Waals surface area contributed by atoms with Crippen molar-refractivity contribution in [1.29, 1.82) is 0 Å². The summed E-state index contributed by atoms with van der Waals surface area (Å²) in [5.74, 6) is 3.39. The van der Waals surface area contributed by atoms with E-state index in [1.165, 1.54) is 5.56 Å². The van der Waals surface area contributed by atoms with Crippen molar-refractivity contribution in [3.05, 3.63) is 47.5 Å². The van der Waals surface area contributed by atoms with E-state index < -0.39 is 0 Å². The van der Waals surface area contributed by atoms with Crippen molar-refractivity contribution in [2.45, 2.75) is 17.1 Å². The van der Waals surface area contributed by atoms with Crippen LogP contribution in [0.5, 0.6) is 17.2 Å². The van der Waals surface area contributed by atoms with Crippen molar-refractivity contribution >= 4 is 24.2 Å². The Kier molecular flexibility index (Phi) is 8.82. The van der Waals surface area contributed by atoms with E-state index in [1.54, 1.807) is 33.1 Å². The van der Waals surface area contributed by atoms with Crippen molar-refractivity contribution < 1.29 is 14.2 Å². The van der Waals surface area contributed by atoms with Gasteiger partial charge in [-0.1, -0.05) is 12.1 Å². The SMILES string of the molecule is COc1cccc(CSc2cc(OC)c(CCN)cc2OC)c1.Cl. The topological polar surface area (TPSA) is 53.7 Å². The first-order valence-electron chi connectivity index (χ1n) is 7.42. The first kappa shape index (κ1) is 20.5. The predicted molar refractivity (Wildman–Crippen MR) is 102 cm³/mol. The monoisotopic (exact) mass is 369 g/mol. The fraction of sp³-hybridized carbons (Fsp3) is 0.333. The molecule has 0 unspecified atom stereocenters. The van der Waals surface area contributed by atoms with Gasteiger partial charge in [0.05, 0.1) is 26.2 Å². The van der Waals surface area contributed by atoms with Crippen molar-refractivity contribution in [3.63, 3.8) is 0 Å². The van der Waals surface area contributed by atoms with Crippen molar-refractivity contribution in [2.75, 3.05) is 27.9 Å². The third-order valence-corrected chi connectivity index (χ3v) is 4.62. The van der Waals surface area contributed by atoms with E-state index >= 15 is 0 Å². The number of thioether (sulfide) groups is 1.